The second-order valence-corrected chi connectivity index (χ2v) is 6.63. The van der Waals surface area contributed by atoms with Gasteiger partial charge in [0.2, 0.25) is 5.91 Å². The van der Waals surface area contributed by atoms with Crippen LogP contribution in [-0.4, -0.2) is 46.5 Å². The molecule has 0 spiro atoms. The van der Waals surface area contributed by atoms with Crippen molar-refractivity contribution >= 4 is 34.7 Å². The number of hydrogen-bond donors (Lipinski definition) is 0. The standard InChI is InChI=1S/C15H17ClN4O2S/c1-11-10-23-15(22)20(11)9-13(21)18-5-7-19(8-6-18)14-12(16)3-2-4-17-14/h2-4,10H,5-9H2,1H3. The van der Waals surface area contributed by atoms with Crippen LogP contribution in [0, 0.1) is 6.92 Å². The molecular formula is C15H17ClN4O2S. The Morgan fingerprint density at radius 2 is 2.09 bits per heavy atom. The average Bonchev–Trinajstić information content (AvgIpc) is 2.87. The Bertz CT molecular complexity index is 765. The first-order chi connectivity index (χ1) is 11.1. The molecule has 2 aromatic heterocycles. The predicted molar refractivity (Wildman–Crippen MR) is 91.4 cm³/mol. The van der Waals surface area contributed by atoms with E-state index >= 15 is 0 Å². The normalized spacial score (nSPS) is 15.0. The number of rotatable bonds is 3. The number of aromatic nitrogens is 2. The maximum Gasteiger partial charge on any atom is 0.307 e. The van der Waals surface area contributed by atoms with Gasteiger partial charge in [0, 0.05) is 43.4 Å². The smallest absolute Gasteiger partial charge is 0.307 e. The number of carbonyl (C=O) groups is 1. The van der Waals surface area contributed by atoms with E-state index in [2.05, 4.69) is 9.88 Å². The third-order valence-corrected chi connectivity index (χ3v) is 5.12. The Balaban J connectivity index is 1.62. The Kier molecular flexibility index (Phi) is 4.68. The van der Waals surface area contributed by atoms with Gasteiger partial charge in [-0.3, -0.25) is 14.2 Å². The van der Waals surface area contributed by atoms with Crippen molar-refractivity contribution in [3.8, 4) is 0 Å². The molecule has 3 heterocycles. The lowest BCUT2D eigenvalue weighted by Gasteiger charge is -2.35. The third-order valence-electron chi connectivity index (χ3n) is 3.94. The van der Waals surface area contributed by atoms with E-state index in [1.807, 2.05) is 13.0 Å². The summed E-state index contributed by atoms with van der Waals surface area (Å²) in [5, 5.41) is 2.39. The molecule has 0 bridgehead atoms. The van der Waals surface area contributed by atoms with Gasteiger partial charge in [-0.05, 0) is 19.1 Å². The van der Waals surface area contributed by atoms with Gasteiger partial charge >= 0.3 is 4.87 Å². The molecule has 1 saturated heterocycles. The van der Waals surface area contributed by atoms with Crippen molar-refractivity contribution in [1.29, 1.82) is 0 Å². The van der Waals surface area contributed by atoms with Crippen molar-refractivity contribution in [1.82, 2.24) is 14.5 Å². The van der Waals surface area contributed by atoms with Gasteiger partial charge in [0.25, 0.3) is 0 Å². The van der Waals surface area contributed by atoms with E-state index in [1.54, 1.807) is 22.5 Å². The molecular weight excluding hydrogens is 336 g/mol. The van der Waals surface area contributed by atoms with Gasteiger partial charge in [0.15, 0.2) is 0 Å². The van der Waals surface area contributed by atoms with Gasteiger partial charge in [-0.15, -0.1) is 0 Å². The lowest BCUT2D eigenvalue weighted by atomic mass is 10.3. The lowest BCUT2D eigenvalue weighted by molar-refractivity contribution is -0.132. The molecule has 3 rings (SSSR count). The van der Waals surface area contributed by atoms with Crippen LogP contribution in [0.1, 0.15) is 5.69 Å². The second kappa shape index (κ2) is 6.72. The van der Waals surface area contributed by atoms with Crippen molar-refractivity contribution < 1.29 is 4.79 Å². The molecule has 0 aromatic carbocycles. The van der Waals surface area contributed by atoms with E-state index < -0.39 is 0 Å². The molecule has 0 aliphatic carbocycles. The van der Waals surface area contributed by atoms with Crippen molar-refractivity contribution in [2.45, 2.75) is 13.5 Å². The zero-order valence-corrected chi connectivity index (χ0v) is 14.3. The number of anilines is 1. The Labute approximate surface area is 142 Å². The van der Waals surface area contributed by atoms with E-state index in [1.165, 1.54) is 4.57 Å². The Morgan fingerprint density at radius 1 is 1.35 bits per heavy atom. The maximum atomic E-state index is 12.4. The number of aryl methyl sites for hydroxylation is 1. The fourth-order valence-electron chi connectivity index (χ4n) is 2.61. The number of halogens is 1. The number of carbonyl (C=O) groups excluding carboxylic acids is 1. The van der Waals surface area contributed by atoms with Crippen molar-refractivity contribution in [2.75, 3.05) is 31.1 Å². The third kappa shape index (κ3) is 3.40. The highest BCUT2D eigenvalue weighted by Gasteiger charge is 2.23. The molecule has 0 unspecified atom stereocenters. The minimum absolute atomic E-state index is 0.0274. The molecule has 0 radical (unpaired) electrons. The molecule has 2 aromatic rings. The molecule has 1 aliphatic heterocycles. The summed E-state index contributed by atoms with van der Waals surface area (Å²) in [5.41, 5.74) is 0.826. The molecule has 122 valence electrons. The number of hydrogen-bond acceptors (Lipinski definition) is 5. The first kappa shape index (κ1) is 16.0. The van der Waals surface area contributed by atoms with Gasteiger partial charge in [-0.2, -0.15) is 0 Å². The van der Waals surface area contributed by atoms with Crippen LogP contribution in [0.25, 0.3) is 0 Å². The van der Waals surface area contributed by atoms with E-state index in [0.29, 0.717) is 31.2 Å². The van der Waals surface area contributed by atoms with Gasteiger partial charge in [0.1, 0.15) is 12.4 Å². The number of pyridine rings is 1. The molecule has 1 fully saturated rings. The van der Waals surface area contributed by atoms with E-state index in [9.17, 15) is 9.59 Å². The predicted octanol–water partition coefficient (Wildman–Crippen LogP) is 1.62. The quantitative estimate of drug-likeness (QED) is 0.842. The molecule has 8 heteroatoms. The molecule has 1 amide bonds. The summed E-state index contributed by atoms with van der Waals surface area (Å²) in [6.45, 7) is 4.51. The summed E-state index contributed by atoms with van der Waals surface area (Å²) in [7, 11) is 0. The summed E-state index contributed by atoms with van der Waals surface area (Å²) < 4.78 is 1.52. The van der Waals surface area contributed by atoms with Crippen molar-refractivity contribution in [2.24, 2.45) is 0 Å². The van der Waals surface area contributed by atoms with E-state index in [0.717, 1.165) is 22.8 Å². The van der Waals surface area contributed by atoms with Crippen molar-refractivity contribution in [3.05, 3.63) is 44.1 Å². The molecule has 1 aliphatic rings. The summed E-state index contributed by atoms with van der Waals surface area (Å²) in [6, 6.07) is 3.61. The van der Waals surface area contributed by atoms with Crippen LogP contribution in [0.3, 0.4) is 0 Å². The SMILES string of the molecule is Cc1csc(=O)n1CC(=O)N1CCN(c2ncccc2Cl)CC1. The summed E-state index contributed by atoms with van der Waals surface area (Å²) in [6.07, 6.45) is 1.71. The zero-order valence-electron chi connectivity index (χ0n) is 12.7. The van der Waals surface area contributed by atoms with E-state index in [-0.39, 0.29) is 17.3 Å². The maximum absolute atomic E-state index is 12.4. The fraction of sp³-hybridized carbons (Fsp3) is 0.400. The molecule has 0 N–H and O–H groups in total. The number of amides is 1. The van der Waals surface area contributed by atoms with Crippen LogP contribution in [0.15, 0.2) is 28.5 Å². The molecule has 6 nitrogen and oxygen atoms in total. The van der Waals surface area contributed by atoms with Crippen LogP contribution >= 0.6 is 22.9 Å². The number of piperazine rings is 1. The van der Waals surface area contributed by atoms with Crippen molar-refractivity contribution in [3.63, 3.8) is 0 Å². The first-order valence-electron chi connectivity index (χ1n) is 7.34. The van der Waals surface area contributed by atoms with Crippen LogP contribution in [0.5, 0.6) is 0 Å². The minimum Gasteiger partial charge on any atom is -0.352 e. The minimum atomic E-state index is -0.0882. The highest BCUT2D eigenvalue weighted by molar-refractivity contribution is 7.07. The number of thiazole rings is 1. The van der Waals surface area contributed by atoms with Gasteiger partial charge in [-0.1, -0.05) is 22.9 Å². The van der Waals surface area contributed by atoms with Gasteiger partial charge in [-0.25, -0.2) is 4.98 Å². The fourth-order valence-corrected chi connectivity index (χ4v) is 3.58. The largest absolute Gasteiger partial charge is 0.352 e. The number of nitrogens with zero attached hydrogens (tertiary/aromatic N) is 4. The first-order valence-corrected chi connectivity index (χ1v) is 8.60. The Morgan fingerprint density at radius 3 is 2.70 bits per heavy atom. The summed E-state index contributed by atoms with van der Waals surface area (Å²) >= 11 is 7.29. The highest BCUT2D eigenvalue weighted by atomic mass is 35.5. The van der Waals surface area contributed by atoms with E-state index in [4.69, 9.17) is 11.6 Å². The monoisotopic (exact) mass is 352 g/mol. The van der Waals surface area contributed by atoms with Crippen LogP contribution < -0.4 is 9.77 Å². The zero-order chi connectivity index (χ0) is 16.4. The summed E-state index contributed by atoms with van der Waals surface area (Å²) in [4.78, 5) is 32.2. The van der Waals surface area contributed by atoms with Gasteiger partial charge < -0.3 is 9.80 Å². The Hall–Kier alpha value is -1.86. The average molecular weight is 353 g/mol. The molecule has 0 atom stereocenters. The summed E-state index contributed by atoms with van der Waals surface area (Å²) in [5.74, 6) is 0.728. The lowest BCUT2D eigenvalue weighted by Crippen LogP contribution is -2.50. The molecule has 0 saturated carbocycles. The second-order valence-electron chi connectivity index (χ2n) is 5.41. The highest BCUT2D eigenvalue weighted by Crippen LogP contribution is 2.23. The topological polar surface area (TPSA) is 58.4 Å². The molecule has 23 heavy (non-hydrogen) atoms. The van der Waals surface area contributed by atoms with Crippen LogP contribution in [0.4, 0.5) is 5.82 Å². The van der Waals surface area contributed by atoms with Crippen LogP contribution in [-0.2, 0) is 11.3 Å². The van der Waals surface area contributed by atoms with Gasteiger partial charge in [0.05, 0.1) is 5.02 Å². The van der Waals surface area contributed by atoms with Crippen LogP contribution in [0.2, 0.25) is 5.02 Å².